The number of aromatic nitrogens is 1. The van der Waals surface area contributed by atoms with Gasteiger partial charge in [0.2, 0.25) is 0 Å². The van der Waals surface area contributed by atoms with E-state index in [2.05, 4.69) is 51.6 Å². The Morgan fingerprint density at radius 2 is 2.12 bits per heavy atom. The van der Waals surface area contributed by atoms with E-state index in [1.165, 1.54) is 23.7 Å². The predicted octanol–water partition coefficient (Wildman–Crippen LogP) is 2.18. The van der Waals surface area contributed by atoms with Gasteiger partial charge in [0.1, 0.15) is 5.84 Å². The van der Waals surface area contributed by atoms with E-state index >= 15 is 0 Å². The number of thiophene rings is 1. The molecular formula is C17H21N5OS. The summed E-state index contributed by atoms with van der Waals surface area (Å²) in [6, 6.07) is 7.35. The number of carbonyl (C=O) groups is 1. The molecule has 1 amide bonds. The Morgan fingerprint density at radius 3 is 2.75 bits per heavy atom. The van der Waals surface area contributed by atoms with Crippen LogP contribution < -0.4 is 11.3 Å². The lowest BCUT2D eigenvalue weighted by Crippen LogP contribution is -2.30. The molecule has 126 valence electrons. The van der Waals surface area contributed by atoms with Gasteiger partial charge >= 0.3 is 0 Å². The zero-order valence-corrected chi connectivity index (χ0v) is 14.4. The molecule has 1 aliphatic rings. The summed E-state index contributed by atoms with van der Waals surface area (Å²) in [6.07, 6.45) is 8.47. The quantitative estimate of drug-likeness (QED) is 0.508. The van der Waals surface area contributed by atoms with Crippen LogP contribution in [0.4, 0.5) is 0 Å². The van der Waals surface area contributed by atoms with Crippen molar-refractivity contribution in [2.45, 2.75) is 6.42 Å². The molecule has 2 aromatic heterocycles. The van der Waals surface area contributed by atoms with Crippen LogP contribution in [0.25, 0.3) is 6.08 Å². The fourth-order valence-corrected chi connectivity index (χ4v) is 2.66. The lowest BCUT2D eigenvalue weighted by atomic mass is 10.3. The van der Waals surface area contributed by atoms with Gasteiger partial charge < -0.3 is 4.90 Å². The number of rotatable bonds is 3. The molecule has 0 saturated carbocycles. The summed E-state index contributed by atoms with van der Waals surface area (Å²) in [6.45, 7) is 2.09. The minimum absolute atomic E-state index is 0.303. The minimum Gasteiger partial charge on any atom is -0.360 e. The smallest absolute Gasteiger partial charge is 0.265 e. The second-order valence-electron chi connectivity index (χ2n) is 5.07. The number of nitrogens with one attached hydrogen (secondary N) is 1. The Hall–Kier alpha value is -2.51. The van der Waals surface area contributed by atoms with Crippen LogP contribution in [0.5, 0.6) is 0 Å². The fraction of sp³-hybridized carbons (Fsp3) is 0.235. The number of pyridine rings is 1. The van der Waals surface area contributed by atoms with Crippen LogP contribution in [0.3, 0.4) is 0 Å². The van der Waals surface area contributed by atoms with Gasteiger partial charge in [0.15, 0.2) is 0 Å². The average molecular weight is 343 g/mol. The zero-order chi connectivity index (χ0) is 17.2. The molecule has 3 rings (SSSR count). The minimum atomic E-state index is -0.303. The second-order valence-corrected chi connectivity index (χ2v) is 6.05. The molecule has 2 aromatic rings. The summed E-state index contributed by atoms with van der Waals surface area (Å²) < 4.78 is 0. The number of nitrogen functional groups attached to an aromatic ring is 1. The molecule has 0 spiro atoms. The lowest BCUT2D eigenvalue weighted by molar-refractivity contribution is 0.0953. The molecule has 0 unspecified atom stereocenters. The highest BCUT2D eigenvalue weighted by molar-refractivity contribution is 7.10. The van der Waals surface area contributed by atoms with Crippen molar-refractivity contribution in [1.82, 2.24) is 15.3 Å². The number of aliphatic imine (C=N–C) groups is 1. The van der Waals surface area contributed by atoms with Crippen LogP contribution in [-0.4, -0.2) is 41.8 Å². The number of nitrogens with zero attached hydrogens (tertiary/aromatic N) is 3. The van der Waals surface area contributed by atoms with Crippen molar-refractivity contribution in [1.29, 1.82) is 0 Å². The monoisotopic (exact) mass is 343 g/mol. The molecule has 1 aliphatic heterocycles. The number of amides is 1. The van der Waals surface area contributed by atoms with E-state index in [0.717, 1.165) is 18.9 Å². The summed E-state index contributed by atoms with van der Waals surface area (Å²) in [5.41, 5.74) is 2.53. The van der Waals surface area contributed by atoms with Crippen LogP contribution in [0.15, 0.2) is 53.1 Å². The van der Waals surface area contributed by atoms with E-state index in [0.29, 0.717) is 5.56 Å². The van der Waals surface area contributed by atoms with Crippen molar-refractivity contribution >= 4 is 29.2 Å². The van der Waals surface area contributed by atoms with E-state index < -0.39 is 0 Å². The number of hydrogen-bond acceptors (Lipinski definition) is 6. The van der Waals surface area contributed by atoms with Crippen molar-refractivity contribution in [3.05, 3.63) is 58.6 Å². The third kappa shape index (κ3) is 5.60. The van der Waals surface area contributed by atoms with Gasteiger partial charge in [-0.25, -0.2) is 5.84 Å². The summed E-state index contributed by atoms with van der Waals surface area (Å²) in [7, 11) is 2.09. The van der Waals surface area contributed by atoms with Crippen LogP contribution in [-0.2, 0) is 0 Å². The number of hydrazine groups is 1. The number of hydrogen-bond donors (Lipinski definition) is 2. The summed E-state index contributed by atoms with van der Waals surface area (Å²) in [4.78, 5) is 22.4. The van der Waals surface area contributed by atoms with Gasteiger partial charge in [-0.1, -0.05) is 6.07 Å². The van der Waals surface area contributed by atoms with Crippen molar-refractivity contribution in [2.75, 3.05) is 20.1 Å². The Kier molecular flexibility index (Phi) is 7.13. The van der Waals surface area contributed by atoms with Crippen molar-refractivity contribution in [3.63, 3.8) is 0 Å². The summed E-state index contributed by atoms with van der Waals surface area (Å²) in [5.74, 6) is 5.68. The molecule has 0 radical (unpaired) electrons. The maximum Gasteiger partial charge on any atom is 0.265 e. The molecule has 0 saturated heterocycles. The Morgan fingerprint density at radius 1 is 1.33 bits per heavy atom. The van der Waals surface area contributed by atoms with E-state index in [9.17, 15) is 4.79 Å². The third-order valence-electron chi connectivity index (χ3n) is 3.33. The third-order valence-corrected chi connectivity index (χ3v) is 4.17. The molecule has 3 heterocycles. The van der Waals surface area contributed by atoms with Gasteiger partial charge in [-0.15, -0.1) is 11.3 Å². The number of amidine groups is 1. The molecule has 0 aliphatic carbocycles. The normalized spacial score (nSPS) is 13.9. The molecule has 0 atom stereocenters. The molecule has 3 N–H and O–H groups in total. The SMILES string of the molecule is CN1CCCN=C1/C=C/c1cccs1.NNC(=O)c1ccncc1. The largest absolute Gasteiger partial charge is 0.360 e. The van der Waals surface area contributed by atoms with Crippen molar-refractivity contribution in [2.24, 2.45) is 10.8 Å². The van der Waals surface area contributed by atoms with Crippen molar-refractivity contribution in [3.8, 4) is 0 Å². The maximum atomic E-state index is 10.7. The molecule has 0 fully saturated rings. The van der Waals surface area contributed by atoms with Gasteiger partial charge in [-0.3, -0.25) is 20.2 Å². The van der Waals surface area contributed by atoms with Gasteiger partial charge in [0, 0.05) is 43.0 Å². The van der Waals surface area contributed by atoms with Gasteiger partial charge in [-0.05, 0) is 42.2 Å². The van der Waals surface area contributed by atoms with Crippen LogP contribution in [0.1, 0.15) is 21.7 Å². The highest BCUT2D eigenvalue weighted by Gasteiger charge is 2.06. The molecule has 0 bridgehead atoms. The van der Waals surface area contributed by atoms with Crippen LogP contribution in [0, 0.1) is 0 Å². The number of nitrogens with two attached hydrogens (primary N) is 1. The van der Waals surface area contributed by atoms with Crippen molar-refractivity contribution < 1.29 is 4.79 Å². The molecule has 7 heteroatoms. The second kappa shape index (κ2) is 9.59. The van der Waals surface area contributed by atoms with Gasteiger partial charge in [0.25, 0.3) is 5.91 Å². The number of carbonyl (C=O) groups excluding carboxylic acids is 1. The van der Waals surface area contributed by atoms with Gasteiger partial charge in [-0.2, -0.15) is 0 Å². The topological polar surface area (TPSA) is 83.6 Å². The first-order valence-electron chi connectivity index (χ1n) is 7.59. The summed E-state index contributed by atoms with van der Waals surface area (Å²) in [5, 5.41) is 2.09. The zero-order valence-electron chi connectivity index (χ0n) is 13.6. The first-order chi connectivity index (χ1) is 11.7. The highest BCUT2D eigenvalue weighted by atomic mass is 32.1. The molecule has 6 nitrogen and oxygen atoms in total. The van der Waals surface area contributed by atoms with Crippen LogP contribution >= 0.6 is 11.3 Å². The Labute approximate surface area is 145 Å². The highest BCUT2D eigenvalue weighted by Crippen LogP contribution is 2.11. The standard InChI is InChI=1S/C11H14N2S.C6H7N3O/c1-13-8-3-7-12-11(13)6-5-10-4-2-9-14-10;7-9-6(10)5-1-3-8-4-2-5/h2,4-6,9H,3,7-8H2,1H3;1-4H,7H2,(H,9,10)/b6-5+;. The van der Waals surface area contributed by atoms with E-state index in [1.54, 1.807) is 23.5 Å². The lowest BCUT2D eigenvalue weighted by Gasteiger charge is -2.22. The average Bonchev–Trinajstić information content (AvgIpc) is 3.15. The molecular weight excluding hydrogens is 322 g/mol. The predicted molar refractivity (Wildman–Crippen MR) is 98.8 cm³/mol. The molecule has 0 aromatic carbocycles. The summed E-state index contributed by atoms with van der Waals surface area (Å²) >= 11 is 1.75. The van der Waals surface area contributed by atoms with Crippen LogP contribution in [0.2, 0.25) is 0 Å². The number of likely N-dealkylation sites (N-methyl/N-ethyl adjacent to an activating group) is 1. The fourth-order valence-electron chi connectivity index (χ4n) is 2.05. The van der Waals surface area contributed by atoms with E-state index in [4.69, 9.17) is 5.84 Å². The Bertz CT molecular complexity index is 682. The Balaban J connectivity index is 0.000000185. The molecule has 24 heavy (non-hydrogen) atoms. The van der Waals surface area contributed by atoms with Gasteiger partial charge in [0.05, 0.1) is 0 Å². The van der Waals surface area contributed by atoms with E-state index in [1.807, 2.05) is 5.43 Å². The first kappa shape index (κ1) is 17.8. The van der Waals surface area contributed by atoms with E-state index in [-0.39, 0.29) is 5.91 Å². The maximum absolute atomic E-state index is 10.7. The first-order valence-corrected chi connectivity index (χ1v) is 8.47.